The van der Waals surface area contributed by atoms with Crippen LogP contribution in [0.1, 0.15) is 25.7 Å². The smallest absolute Gasteiger partial charge is 0.235 e. The van der Waals surface area contributed by atoms with Gasteiger partial charge in [0.1, 0.15) is 5.69 Å². The first kappa shape index (κ1) is 12.7. The number of anilines is 1. The molecular formula is C13H16ClN3O2. The molecule has 6 heteroatoms. The molecule has 2 fully saturated rings. The fourth-order valence-electron chi connectivity index (χ4n) is 3.32. The minimum absolute atomic E-state index is 0.00545. The fraction of sp³-hybridized carbons (Fsp3) is 0.538. The Morgan fingerprint density at radius 2 is 2.16 bits per heavy atom. The average molecular weight is 282 g/mol. The molecule has 1 heterocycles. The summed E-state index contributed by atoms with van der Waals surface area (Å²) in [6, 6.07) is 1.81. The Morgan fingerprint density at radius 1 is 1.47 bits per heavy atom. The van der Waals surface area contributed by atoms with Crippen LogP contribution in [0.5, 0.6) is 5.88 Å². The molecule has 0 aromatic carbocycles. The van der Waals surface area contributed by atoms with Gasteiger partial charge in [-0.2, -0.15) is 0 Å². The van der Waals surface area contributed by atoms with Crippen LogP contribution in [0.25, 0.3) is 0 Å². The summed E-state index contributed by atoms with van der Waals surface area (Å²) in [5.74, 6) is -0.284. The molecule has 2 aliphatic rings. The summed E-state index contributed by atoms with van der Waals surface area (Å²) >= 11 is 5.78. The fourth-order valence-corrected chi connectivity index (χ4v) is 3.47. The van der Waals surface area contributed by atoms with Gasteiger partial charge in [0.15, 0.2) is 0 Å². The van der Waals surface area contributed by atoms with Crippen molar-refractivity contribution in [1.82, 2.24) is 4.98 Å². The van der Waals surface area contributed by atoms with Gasteiger partial charge in [-0.25, -0.2) is 4.98 Å². The number of rotatable bonds is 2. The average Bonchev–Trinajstić information content (AvgIpc) is 2.26. The van der Waals surface area contributed by atoms with E-state index in [1.807, 2.05) is 0 Å². The highest BCUT2D eigenvalue weighted by atomic mass is 35.5. The summed E-state index contributed by atoms with van der Waals surface area (Å²) in [6.07, 6.45) is 5.17. The Hall–Kier alpha value is -1.33. The van der Waals surface area contributed by atoms with E-state index in [0.29, 0.717) is 16.5 Å². The molecule has 0 saturated heterocycles. The summed E-state index contributed by atoms with van der Waals surface area (Å²) in [5, 5.41) is 12.6. The van der Waals surface area contributed by atoms with Crippen molar-refractivity contribution in [3.63, 3.8) is 0 Å². The molecule has 3 rings (SSSR count). The highest BCUT2D eigenvalue weighted by Crippen LogP contribution is 2.58. The number of hydrogen-bond donors (Lipinski definition) is 3. The van der Waals surface area contributed by atoms with Crippen molar-refractivity contribution < 1.29 is 9.90 Å². The van der Waals surface area contributed by atoms with Crippen molar-refractivity contribution in [2.24, 2.45) is 17.1 Å². The summed E-state index contributed by atoms with van der Waals surface area (Å²) in [7, 11) is 0. The van der Waals surface area contributed by atoms with Crippen LogP contribution in [0, 0.1) is 11.3 Å². The first-order valence-corrected chi connectivity index (χ1v) is 6.76. The van der Waals surface area contributed by atoms with Gasteiger partial charge in [0.25, 0.3) is 0 Å². The molecule has 1 spiro atoms. The maximum atomic E-state index is 12.0. The third-order valence-electron chi connectivity index (χ3n) is 4.21. The van der Waals surface area contributed by atoms with Crippen LogP contribution < -0.4 is 11.1 Å². The Morgan fingerprint density at radius 3 is 2.79 bits per heavy atom. The second-order valence-corrected chi connectivity index (χ2v) is 6.22. The number of nitrogens with one attached hydrogen (secondary N) is 1. The number of halogens is 1. The van der Waals surface area contributed by atoms with Crippen LogP contribution in [0.2, 0.25) is 5.02 Å². The van der Waals surface area contributed by atoms with E-state index in [0.717, 1.165) is 25.7 Å². The second-order valence-electron chi connectivity index (χ2n) is 5.79. The molecule has 0 radical (unpaired) electrons. The molecule has 1 amide bonds. The molecule has 102 valence electrons. The topological polar surface area (TPSA) is 88.2 Å². The lowest BCUT2D eigenvalue weighted by Crippen LogP contribution is -2.55. The minimum Gasteiger partial charge on any atom is -0.492 e. The summed E-state index contributed by atoms with van der Waals surface area (Å²) in [4.78, 5) is 15.7. The number of amides is 1. The number of nitrogens with two attached hydrogens (primary N) is 1. The van der Waals surface area contributed by atoms with Gasteiger partial charge in [-0.15, -0.1) is 0 Å². The molecule has 2 aliphatic carbocycles. The van der Waals surface area contributed by atoms with E-state index in [4.69, 9.17) is 17.3 Å². The Bertz CT molecular complexity index is 521. The Balaban J connectivity index is 1.59. The lowest BCUT2D eigenvalue weighted by molar-refractivity contribution is -0.132. The Labute approximate surface area is 116 Å². The maximum Gasteiger partial charge on any atom is 0.235 e. The first-order chi connectivity index (χ1) is 8.97. The van der Waals surface area contributed by atoms with E-state index in [2.05, 4.69) is 10.3 Å². The maximum absolute atomic E-state index is 12.0. The zero-order valence-corrected chi connectivity index (χ0v) is 11.2. The van der Waals surface area contributed by atoms with Crippen molar-refractivity contribution in [3.05, 3.63) is 17.3 Å². The van der Waals surface area contributed by atoms with Gasteiger partial charge in [-0.05, 0) is 37.2 Å². The third kappa shape index (κ3) is 2.28. The molecule has 0 atom stereocenters. The number of hydrogen-bond acceptors (Lipinski definition) is 4. The monoisotopic (exact) mass is 281 g/mol. The molecule has 0 bridgehead atoms. The zero-order chi connectivity index (χ0) is 13.6. The third-order valence-corrected chi connectivity index (χ3v) is 4.42. The Kier molecular flexibility index (Phi) is 2.91. The molecule has 19 heavy (non-hydrogen) atoms. The number of carbonyl (C=O) groups excluding carboxylic acids is 1. The quantitative estimate of drug-likeness (QED) is 0.772. The van der Waals surface area contributed by atoms with Gasteiger partial charge in [0, 0.05) is 18.2 Å². The van der Waals surface area contributed by atoms with Crippen molar-refractivity contribution >= 4 is 23.2 Å². The normalized spacial score (nSPS) is 32.5. The number of carbonyl (C=O) groups is 1. The van der Waals surface area contributed by atoms with Gasteiger partial charge >= 0.3 is 0 Å². The SMILES string of the molecule is NC1CC2(C1)CC(C(=O)Nc1cc(Cl)cnc1O)C2. The second kappa shape index (κ2) is 4.35. The molecule has 0 aliphatic heterocycles. The van der Waals surface area contributed by atoms with Crippen molar-refractivity contribution in [2.45, 2.75) is 31.7 Å². The van der Waals surface area contributed by atoms with Gasteiger partial charge < -0.3 is 16.2 Å². The summed E-state index contributed by atoms with van der Waals surface area (Å²) in [5.41, 5.74) is 6.37. The lowest BCUT2D eigenvalue weighted by Gasteiger charge is -2.56. The van der Waals surface area contributed by atoms with Crippen molar-refractivity contribution in [2.75, 3.05) is 5.32 Å². The molecular weight excluding hydrogens is 266 g/mol. The highest BCUT2D eigenvalue weighted by molar-refractivity contribution is 6.30. The molecule has 5 nitrogen and oxygen atoms in total. The van der Waals surface area contributed by atoms with Gasteiger partial charge in [-0.1, -0.05) is 11.6 Å². The van der Waals surface area contributed by atoms with Crippen LogP contribution in [0.15, 0.2) is 12.3 Å². The highest BCUT2D eigenvalue weighted by Gasteiger charge is 2.53. The largest absolute Gasteiger partial charge is 0.492 e. The molecule has 1 aromatic heterocycles. The zero-order valence-electron chi connectivity index (χ0n) is 10.4. The van der Waals surface area contributed by atoms with Gasteiger partial charge in [0.05, 0.1) is 5.02 Å². The molecule has 0 unspecified atom stereocenters. The van der Waals surface area contributed by atoms with Crippen LogP contribution in [-0.4, -0.2) is 22.0 Å². The van der Waals surface area contributed by atoms with E-state index in [1.165, 1.54) is 12.3 Å². The standard InChI is InChI=1S/C13H16ClN3O2/c14-8-1-10(12(19)16-6-8)17-11(18)7-2-13(3-7)4-9(15)5-13/h1,6-7,9H,2-5,15H2,(H,16,19)(H,17,18). The van der Waals surface area contributed by atoms with E-state index in [1.54, 1.807) is 0 Å². The van der Waals surface area contributed by atoms with Gasteiger partial charge in [0.2, 0.25) is 11.8 Å². The summed E-state index contributed by atoms with van der Waals surface area (Å²) in [6.45, 7) is 0. The number of aromatic nitrogens is 1. The van der Waals surface area contributed by atoms with Crippen LogP contribution >= 0.6 is 11.6 Å². The van der Waals surface area contributed by atoms with Crippen molar-refractivity contribution in [3.8, 4) is 5.88 Å². The minimum atomic E-state index is -0.211. The van der Waals surface area contributed by atoms with E-state index in [-0.39, 0.29) is 23.4 Å². The van der Waals surface area contributed by atoms with Crippen LogP contribution in [0.4, 0.5) is 5.69 Å². The molecule has 1 aromatic rings. The van der Waals surface area contributed by atoms with Crippen molar-refractivity contribution in [1.29, 1.82) is 0 Å². The first-order valence-electron chi connectivity index (χ1n) is 6.38. The number of aromatic hydroxyl groups is 1. The van der Waals surface area contributed by atoms with E-state index in [9.17, 15) is 9.90 Å². The number of nitrogens with zero attached hydrogens (tertiary/aromatic N) is 1. The van der Waals surface area contributed by atoms with Gasteiger partial charge in [-0.3, -0.25) is 4.79 Å². The predicted octanol–water partition coefficient (Wildman–Crippen LogP) is 1.90. The summed E-state index contributed by atoms with van der Waals surface area (Å²) < 4.78 is 0. The van der Waals surface area contributed by atoms with Crippen LogP contribution in [0.3, 0.4) is 0 Å². The molecule has 4 N–H and O–H groups in total. The van der Waals surface area contributed by atoms with E-state index >= 15 is 0 Å². The molecule has 2 saturated carbocycles. The lowest BCUT2D eigenvalue weighted by atomic mass is 9.50. The van der Waals surface area contributed by atoms with E-state index < -0.39 is 0 Å². The van der Waals surface area contributed by atoms with Crippen LogP contribution in [-0.2, 0) is 4.79 Å². The number of pyridine rings is 1. The predicted molar refractivity (Wildman–Crippen MR) is 71.9 cm³/mol.